The van der Waals surface area contributed by atoms with Crippen LogP contribution in [0.15, 0.2) is 18.2 Å². The van der Waals surface area contributed by atoms with Crippen LogP contribution in [0.3, 0.4) is 0 Å². The van der Waals surface area contributed by atoms with Crippen molar-refractivity contribution in [2.45, 2.75) is 81.2 Å². The number of amides is 2. The summed E-state index contributed by atoms with van der Waals surface area (Å²) in [6.07, 6.45) is -3.63. The third-order valence-corrected chi connectivity index (χ3v) is 7.77. The molecule has 2 aromatic carbocycles. The summed E-state index contributed by atoms with van der Waals surface area (Å²) in [5, 5.41) is 23.6. The zero-order valence-corrected chi connectivity index (χ0v) is 24.1. The molecule has 0 unspecified atom stereocenters. The molecule has 0 saturated heterocycles. The molecule has 43 heavy (non-hydrogen) atoms. The molecule has 2 aliphatic rings. The summed E-state index contributed by atoms with van der Waals surface area (Å²) in [7, 11) is -2.70. The fraction of sp³-hybridized carbons (Fsp3) is 0.500. The normalized spacial score (nSPS) is 14.3. The smallest absolute Gasteiger partial charge is 0.423 e. The lowest BCUT2D eigenvalue weighted by atomic mass is 9.78. The van der Waals surface area contributed by atoms with Gasteiger partial charge < -0.3 is 30.0 Å². The van der Waals surface area contributed by atoms with Gasteiger partial charge >= 0.3 is 20.4 Å². The predicted molar refractivity (Wildman–Crippen MR) is 155 cm³/mol. The van der Waals surface area contributed by atoms with Crippen molar-refractivity contribution in [2.75, 3.05) is 10.6 Å². The number of benzene rings is 2. The number of carbonyl (C=O) groups excluding carboxylic acids is 2. The Kier molecular flexibility index (Phi) is 11.2. The summed E-state index contributed by atoms with van der Waals surface area (Å²) >= 11 is 0. The van der Waals surface area contributed by atoms with Crippen LogP contribution in [-0.4, -0.2) is 36.1 Å². The van der Waals surface area contributed by atoms with Gasteiger partial charge in [0.05, 0.1) is 24.5 Å². The highest BCUT2D eigenvalue weighted by Gasteiger charge is 2.42. The lowest BCUT2D eigenvalue weighted by Crippen LogP contribution is -2.33. The first kappa shape index (κ1) is 36.2. The molecule has 2 aromatic rings. The van der Waals surface area contributed by atoms with Crippen LogP contribution in [0.25, 0.3) is 0 Å². The van der Waals surface area contributed by atoms with E-state index in [4.69, 9.17) is 9.31 Å². The van der Waals surface area contributed by atoms with Gasteiger partial charge in [-0.2, -0.15) is 13.2 Å². The van der Waals surface area contributed by atoms with E-state index in [-0.39, 0.29) is 48.4 Å². The van der Waals surface area contributed by atoms with Crippen LogP contribution in [0, 0.1) is 22.5 Å². The molecule has 2 heterocycles. The number of anilines is 2. The Morgan fingerprint density at radius 1 is 0.860 bits per heavy atom. The Hall–Kier alpha value is -3.00. The summed E-state index contributed by atoms with van der Waals surface area (Å²) in [6.45, 7) is 9.83. The SMILES string of the molecule is C.CCC(C)(C)C(=O)Nc1c(F)cc2c(c1F)COB2O.CCC(C)(C)C(=O)Nc1ccc2c(c1C(F)(F)F)COB2O. The minimum absolute atomic E-state index is 0. The van der Waals surface area contributed by atoms with Crippen LogP contribution < -0.4 is 21.6 Å². The van der Waals surface area contributed by atoms with Gasteiger partial charge in [0.1, 0.15) is 11.5 Å². The fourth-order valence-corrected chi connectivity index (χ4v) is 4.04. The number of rotatable bonds is 6. The zero-order chi connectivity index (χ0) is 31.8. The molecular formula is C28H37B2F5N2O6. The van der Waals surface area contributed by atoms with Gasteiger partial charge in [0.25, 0.3) is 0 Å². The van der Waals surface area contributed by atoms with E-state index in [9.17, 15) is 41.6 Å². The Morgan fingerprint density at radius 2 is 1.35 bits per heavy atom. The molecule has 0 bridgehead atoms. The number of hydrogen-bond donors (Lipinski definition) is 4. The van der Waals surface area contributed by atoms with Crippen molar-refractivity contribution in [3.63, 3.8) is 0 Å². The van der Waals surface area contributed by atoms with Gasteiger partial charge in [0, 0.05) is 16.4 Å². The van der Waals surface area contributed by atoms with E-state index in [1.165, 1.54) is 6.07 Å². The largest absolute Gasteiger partial charge is 0.491 e. The standard InChI is InChI=1S/C14H17BF3NO3.C13H16BF2NO3.CH4/c1-4-13(2,3)12(20)19-10-6-5-9-8(7-22-15(9)21)11(10)14(16,17)18;1-4-13(2,3)12(18)17-11-9(15)5-8-7(10(11)16)6-20-14(8)19;/h5-6,21H,4,7H2,1-3H3,(H,19,20);5,19H,4,6H2,1-3H3,(H,17,18);1H4. The maximum atomic E-state index is 14.2. The van der Waals surface area contributed by atoms with E-state index >= 15 is 0 Å². The van der Waals surface area contributed by atoms with E-state index in [1.807, 2.05) is 6.92 Å². The van der Waals surface area contributed by atoms with E-state index in [0.717, 1.165) is 12.1 Å². The third-order valence-electron chi connectivity index (χ3n) is 7.77. The van der Waals surface area contributed by atoms with Crippen molar-refractivity contribution in [3.05, 3.63) is 46.5 Å². The summed E-state index contributed by atoms with van der Waals surface area (Å²) in [6, 6.07) is 3.49. The predicted octanol–water partition coefficient (Wildman–Crippen LogP) is 4.49. The van der Waals surface area contributed by atoms with E-state index < -0.39 is 65.9 Å². The first-order chi connectivity index (χ1) is 19.4. The molecule has 0 saturated carbocycles. The summed E-state index contributed by atoms with van der Waals surface area (Å²) < 4.78 is 77.9. The first-order valence-corrected chi connectivity index (χ1v) is 13.3. The van der Waals surface area contributed by atoms with Gasteiger partial charge in [0.2, 0.25) is 11.8 Å². The fourth-order valence-electron chi connectivity index (χ4n) is 4.04. The average molecular weight is 614 g/mol. The monoisotopic (exact) mass is 614 g/mol. The highest BCUT2D eigenvalue weighted by molar-refractivity contribution is 6.62. The molecule has 4 N–H and O–H groups in total. The van der Waals surface area contributed by atoms with Crippen molar-refractivity contribution in [3.8, 4) is 0 Å². The maximum absolute atomic E-state index is 14.2. The number of carbonyl (C=O) groups is 2. The van der Waals surface area contributed by atoms with E-state index in [0.29, 0.717) is 12.8 Å². The number of fused-ring (bicyclic) bond motifs is 2. The molecule has 0 fully saturated rings. The van der Waals surface area contributed by atoms with E-state index in [2.05, 4.69) is 10.6 Å². The summed E-state index contributed by atoms with van der Waals surface area (Å²) in [5.41, 5.74) is -3.18. The van der Waals surface area contributed by atoms with Crippen LogP contribution >= 0.6 is 0 Å². The van der Waals surface area contributed by atoms with Crippen molar-refractivity contribution in [1.82, 2.24) is 0 Å². The third kappa shape index (κ3) is 7.57. The first-order valence-electron chi connectivity index (χ1n) is 13.3. The average Bonchev–Trinajstić information content (AvgIpc) is 3.47. The van der Waals surface area contributed by atoms with Gasteiger partial charge in [-0.3, -0.25) is 9.59 Å². The van der Waals surface area contributed by atoms with Crippen molar-refractivity contribution >= 4 is 48.4 Å². The summed E-state index contributed by atoms with van der Waals surface area (Å²) in [5.74, 6) is -2.76. The molecule has 4 rings (SSSR count). The Labute approximate surface area is 248 Å². The molecule has 0 aliphatic carbocycles. The van der Waals surface area contributed by atoms with Crippen molar-refractivity contribution < 1.29 is 50.9 Å². The van der Waals surface area contributed by atoms with Gasteiger partial charge in [-0.1, -0.05) is 55.0 Å². The second-order valence-corrected chi connectivity index (χ2v) is 11.4. The van der Waals surface area contributed by atoms with Gasteiger partial charge in [0.15, 0.2) is 5.82 Å². The van der Waals surface area contributed by atoms with Gasteiger partial charge in [-0.15, -0.1) is 0 Å². The molecular weight excluding hydrogens is 577 g/mol. The molecule has 0 atom stereocenters. The number of nitrogens with one attached hydrogen (secondary N) is 2. The quantitative estimate of drug-likeness (QED) is 0.282. The summed E-state index contributed by atoms with van der Waals surface area (Å²) in [4.78, 5) is 24.2. The number of hydrogen-bond acceptors (Lipinski definition) is 6. The molecule has 8 nitrogen and oxygen atoms in total. The van der Waals surface area contributed by atoms with Crippen LogP contribution in [0.5, 0.6) is 0 Å². The molecule has 0 aromatic heterocycles. The molecule has 236 valence electrons. The number of halogens is 5. The van der Waals surface area contributed by atoms with Crippen LogP contribution in [0.4, 0.5) is 33.3 Å². The molecule has 2 aliphatic heterocycles. The van der Waals surface area contributed by atoms with Crippen molar-refractivity contribution in [1.29, 1.82) is 0 Å². The second-order valence-electron chi connectivity index (χ2n) is 11.4. The van der Waals surface area contributed by atoms with Crippen LogP contribution in [-0.2, 0) is 38.3 Å². The molecule has 2 amide bonds. The zero-order valence-electron chi connectivity index (χ0n) is 24.1. The van der Waals surface area contributed by atoms with E-state index in [1.54, 1.807) is 34.6 Å². The Bertz CT molecular complexity index is 1370. The molecule has 0 radical (unpaired) electrons. The van der Waals surface area contributed by atoms with Gasteiger partial charge in [-0.25, -0.2) is 8.78 Å². The Morgan fingerprint density at radius 3 is 1.86 bits per heavy atom. The lowest BCUT2D eigenvalue weighted by molar-refractivity contribution is -0.137. The number of alkyl halides is 3. The van der Waals surface area contributed by atoms with Crippen molar-refractivity contribution in [2.24, 2.45) is 10.8 Å². The van der Waals surface area contributed by atoms with Gasteiger partial charge in [-0.05, 0) is 41.5 Å². The lowest BCUT2D eigenvalue weighted by Gasteiger charge is -2.24. The minimum Gasteiger partial charge on any atom is -0.423 e. The molecule has 0 spiro atoms. The van der Waals surface area contributed by atoms with Crippen LogP contribution in [0.2, 0.25) is 0 Å². The topological polar surface area (TPSA) is 117 Å². The highest BCUT2D eigenvalue weighted by Crippen LogP contribution is 2.39. The Balaban J connectivity index is 0.000000295. The highest BCUT2D eigenvalue weighted by atomic mass is 19.4. The maximum Gasteiger partial charge on any atom is 0.491 e. The second kappa shape index (κ2) is 13.3. The van der Waals surface area contributed by atoms with Crippen LogP contribution in [0.1, 0.15) is 78.5 Å². The molecule has 15 heteroatoms. The minimum atomic E-state index is -4.66.